The van der Waals surface area contributed by atoms with Gasteiger partial charge in [-0.1, -0.05) is 30.3 Å². The normalized spacial score (nSPS) is 11.1. The molecule has 0 atom stereocenters. The van der Waals surface area contributed by atoms with Gasteiger partial charge in [0.25, 0.3) is 0 Å². The number of hydrogen-bond donors (Lipinski definition) is 0. The van der Waals surface area contributed by atoms with Gasteiger partial charge in [0.05, 0.1) is 23.7 Å². The van der Waals surface area contributed by atoms with Crippen molar-refractivity contribution in [2.45, 2.75) is 0 Å². The van der Waals surface area contributed by atoms with E-state index < -0.39 is 0 Å². The lowest BCUT2D eigenvalue weighted by molar-refractivity contribution is 0.582. The number of pyridine rings is 2. The van der Waals surface area contributed by atoms with Gasteiger partial charge in [-0.2, -0.15) is 0 Å². The van der Waals surface area contributed by atoms with E-state index >= 15 is 0 Å². The van der Waals surface area contributed by atoms with E-state index in [4.69, 9.17) is 9.40 Å². The van der Waals surface area contributed by atoms with Gasteiger partial charge in [-0.3, -0.25) is 4.98 Å². The number of fused-ring (bicyclic) bond motifs is 1. The van der Waals surface area contributed by atoms with E-state index in [1.165, 1.54) is 0 Å². The summed E-state index contributed by atoms with van der Waals surface area (Å²) < 4.78 is 5.66. The van der Waals surface area contributed by atoms with Gasteiger partial charge in [0.15, 0.2) is 0 Å². The summed E-state index contributed by atoms with van der Waals surface area (Å²) in [5.74, 6) is 0.772. The number of nitrogens with zero attached hydrogens (tertiary/aromatic N) is 2. The zero-order valence-corrected chi connectivity index (χ0v) is 14.5. The number of benzene rings is 1. The second-order valence-corrected chi connectivity index (χ2v) is 6.83. The maximum atomic E-state index is 5.66. The predicted octanol–water partition coefficient (Wildman–Crippen LogP) is 6.09. The monoisotopic (exact) mass is 353 g/mol. The van der Waals surface area contributed by atoms with Crippen molar-refractivity contribution in [2.75, 3.05) is 0 Å². The predicted molar refractivity (Wildman–Crippen MR) is 105 cm³/mol. The van der Waals surface area contributed by atoms with E-state index in [-0.39, 0.29) is 0 Å². The van der Waals surface area contributed by atoms with Gasteiger partial charge in [0, 0.05) is 33.2 Å². The average molecular weight is 353 g/mol. The van der Waals surface area contributed by atoms with E-state index in [9.17, 15) is 0 Å². The van der Waals surface area contributed by atoms with Crippen molar-refractivity contribution in [1.82, 2.24) is 9.97 Å². The summed E-state index contributed by atoms with van der Waals surface area (Å²) in [4.78, 5) is 10.3. The molecule has 0 bridgehead atoms. The van der Waals surface area contributed by atoms with Crippen LogP contribution in [0, 0.1) is 6.20 Å². The summed E-state index contributed by atoms with van der Waals surface area (Å²) in [6.45, 7) is 0. The van der Waals surface area contributed by atoms with Gasteiger partial charge in [-0.15, -0.1) is 11.3 Å². The fourth-order valence-corrected chi connectivity index (χ4v) is 3.83. The molecular formula is C22H13N2OS. The Morgan fingerprint density at radius 2 is 1.88 bits per heavy atom. The number of thiophene rings is 1. The molecule has 26 heavy (non-hydrogen) atoms. The molecule has 5 rings (SSSR count). The molecule has 3 nitrogen and oxygen atoms in total. The fraction of sp³-hybridized carbons (Fsp3) is 0. The summed E-state index contributed by atoms with van der Waals surface area (Å²) in [6.07, 6.45) is 6.64. The smallest absolute Gasteiger partial charge is 0.136 e. The van der Waals surface area contributed by atoms with Crippen LogP contribution < -0.4 is 0 Å². The molecule has 4 heteroatoms. The Kier molecular flexibility index (Phi) is 3.61. The van der Waals surface area contributed by atoms with Crippen molar-refractivity contribution in [3.05, 3.63) is 84.7 Å². The minimum absolute atomic E-state index is 0.772. The Morgan fingerprint density at radius 3 is 2.73 bits per heavy atom. The molecule has 4 aromatic heterocycles. The first-order chi connectivity index (χ1) is 12.9. The molecule has 0 aliphatic rings. The highest BCUT2D eigenvalue weighted by Crippen LogP contribution is 2.40. The van der Waals surface area contributed by atoms with Gasteiger partial charge in [-0.05, 0) is 35.7 Å². The van der Waals surface area contributed by atoms with Crippen LogP contribution in [-0.2, 0) is 0 Å². The van der Waals surface area contributed by atoms with Crippen LogP contribution in [0.1, 0.15) is 0 Å². The summed E-state index contributed by atoms with van der Waals surface area (Å²) in [7, 11) is 0. The second kappa shape index (κ2) is 6.24. The highest BCUT2D eigenvalue weighted by molar-refractivity contribution is 7.13. The molecule has 0 fully saturated rings. The minimum Gasteiger partial charge on any atom is -0.464 e. The zero-order valence-electron chi connectivity index (χ0n) is 13.7. The van der Waals surface area contributed by atoms with E-state index in [1.54, 1.807) is 23.8 Å². The van der Waals surface area contributed by atoms with Crippen molar-refractivity contribution < 1.29 is 4.42 Å². The molecule has 0 unspecified atom stereocenters. The van der Waals surface area contributed by atoms with Crippen LogP contribution in [0.15, 0.2) is 82.9 Å². The van der Waals surface area contributed by atoms with E-state index in [2.05, 4.69) is 40.8 Å². The first-order valence-corrected chi connectivity index (χ1v) is 9.13. The maximum absolute atomic E-state index is 5.66. The molecule has 0 aliphatic carbocycles. The average Bonchev–Trinajstić information content (AvgIpc) is 3.41. The third-order valence-corrected chi connectivity index (χ3v) is 5.19. The van der Waals surface area contributed by atoms with Crippen molar-refractivity contribution in [3.8, 4) is 33.0 Å². The van der Waals surface area contributed by atoms with Crippen LogP contribution in [0.25, 0.3) is 43.9 Å². The van der Waals surface area contributed by atoms with Crippen molar-refractivity contribution in [3.63, 3.8) is 0 Å². The molecule has 1 aromatic carbocycles. The van der Waals surface area contributed by atoms with E-state index in [0.29, 0.717) is 0 Å². The third kappa shape index (κ3) is 2.52. The highest BCUT2D eigenvalue weighted by Gasteiger charge is 2.18. The number of aromatic nitrogens is 2. The van der Waals surface area contributed by atoms with Crippen LogP contribution in [0.2, 0.25) is 0 Å². The first-order valence-electron chi connectivity index (χ1n) is 8.25. The Balaban J connectivity index is 1.82. The van der Waals surface area contributed by atoms with Crippen LogP contribution in [0.3, 0.4) is 0 Å². The highest BCUT2D eigenvalue weighted by atomic mass is 32.1. The summed E-state index contributed by atoms with van der Waals surface area (Å²) >= 11 is 1.66. The standard InChI is InChI=1S/C22H13N2OS/c1-2-6-18-15(5-1)9-10-19(24-18)22-16(20-7-3-11-25-20)13-23-14-17(22)21-8-4-12-26-21/h1-13H. The first kappa shape index (κ1) is 15.0. The number of hydrogen-bond acceptors (Lipinski definition) is 4. The largest absolute Gasteiger partial charge is 0.464 e. The Bertz CT molecular complexity index is 1130. The Morgan fingerprint density at radius 1 is 0.923 bits per heavy atom. The van der Waals surface area contributed by atoms with Crippen molar-refractivity contribution >= 4 is 22.2 Å². The van der Waals surface area contributed by atoms with Gasteiger partial charge in [-0.25, -0.2) is 4.98 Å². The van der Waals surface area contributed by atoms with Crippen LogP contribution in [-0.4, -0.2) is 9.97 Å². The summed E-state index contributed by atoms with van der Waals surface area (Å²) in [5, 5.41) is 3.17. The minimum atomic E-state index is 0.772. The molecule has 0 N–H and O–H groups in total. The van der Waals surface area contributed by atoms with Gasteiger partial charge >= 0.3 is 0 Å². The molecular weight excluding hydrogens is 340 g/mol. The Labute approximate surface area is 154 Å². The number of furan rings is 1. The van der Waals surface area contributed by atoms with Crippen LogP contribution >= 0.6 is 11.3 Å². The zero-order chi connectivity index (χ0) is 17.3. The van der Waals surface area contributed by atoms with E-state index in [0.717, 1.165) is 43.9 Å². The lowest BCUT2D eigenvalue weighted by atomic mass is 9.97. The maximum Gasteiger partial charge on any atom is 0.136 e. The molecule has 123 valence electrons. The van der Waals surface area contributed by atoms with Crippen LogP contribution in [0.5, 0.6) is 0 Å². The lowest BCUT2D eigenvalue weighted by Crippen LogP contribution is -1.93. The molecule has 0 spiro atoms. The fourth-order valence-electron chi connectivity index (χ4n) is 3.11. The van der Waals surface area contributed by atoms with E-state index in [1.807, 2.05) is 36.4 Å². The third-order valence-electron chi connectivity index (χ3n) is 4.30. The molecule has 5 aromatic rings. The topological polar surface area (TPSA) is 38.9 Å². The number of rotatable bonds is 3. The van der Waals surface area contributed by atoms with Gasteiger partial charge in [0.2, 0.25) is 0 Å². The quantitative estimate of drug-likeness (QED) is 0.394. The van der Waals surface area contributed by atoms with Gasteiger partial charge in [0.1, 0.15) is 5.76 Å². The summed E-state index contributed by atoms with van der Waals surface area (Å²) in [5.41, 5.74) is 4.70. The Hall–Kier alpha value is -3.24. The molecule has 4 heterocycles. The molecule has 0 aliphatic heterocycles. The van der Waals surface area contributed by atoms with Crippen LogP contribution in [0.4, 0.5) is 0 Å². The SMILES string of the molecule is [c]1ncc(-c2ccco2)c(-c2ccc3ccccc3n2)c1-c1cccs1. The van der Waals surface area contributed by atoms with Gasteiger partial charge < -0.3 is 4.42 Å². The van der Waals surface area contributed by atoms with Crippen molar-refractivity contribution in [2.24, 2.45) is 0 Å². The molecule has 0 saturated heterocycles. The van der Waals surface area contributed by atoms with Crippen molar-refractivity contribution in [1.29, 1.82) is 0 Å². The molecule has 0 saturated carbocycles. The lowest BCUT2D eigenvalue weighted by Gasteiger charge is -2.12. The number of para-hydroxylation sites is 1. The second-order valence-electron chi connectivity index (χ2n) is 5.88. The molecule has 0 amide bonds. The molecule has 1 radical (unpaired) electrons. The summed E-state index contributed by atoms with van der Waals surface area (Å²) in [6, 6.07) is 20.2.